The van der Waals surface area contributed by atoms with Crippen LogP contribution in [0, 0.1) is 0 Å². The molecule has 0 aliphatic heterocycles. The summed E-state index contributed by atoms with van der Waals surface area (Å²) in [5, 5.41) is 8.94. The van der Waals surface area contributed by atoms with Crippen molar-refractivity contribution in [3.8, 4) is 62.1 Å². The second kappa shape index (κ2) is 14.5. The summed E-state index contributed by atoms with van der Waals surface area (Å²) in [6.07, 6.45) is 0. The number of benzene rings is 10. The first-order valence-corrected chi connectivity index (χ1v) is 21.6. The first kappa shape index (κ1) is 36.0. The summed E-state index contributed by atoms with van der Waals surface area (Å²) in [6.45, 7) is 0. The molecule has 3 aromatic heterocycles. The van der Waals surface area contributed by atoms with Crippen LogP contribution in [0.2, 0.25) is 0 Å². The molecule has 64 heavy (non-hydrogen) atoms. The van der Waals surface area contributed by atoms with Gasteiger partial charge in [0.25, 0.3) is 0 Å². The van der Waals surface area contributed by atoms with Crippen molar-refractivity contribution >= 4 is 65.3 Å². The van der Waals surface area contributed by atoms with Crippen molar-refractivity contribution in [1.82, 2.24) is 19.5 Å². The second-order valence-electron chi connectivity index (χ2n) is 16.4. The van der Waals surface area contributed by atoms with Crippen LogP contribution >= 0.6 is 0 Å². The number of rotatable bonds is 6. The number of nitrogens with zero attached hydrogens (tertiary/aromatic N) is 4. The third kappa shape index (κ3) is 5.98. The van der Waals surface area contributed by atoms with Crippen LogP contribution in [0.1, 0.15) is 0 Å². The van der Waals surface area contributed by atoms with E-state index in [4.69, 9.17) is 19.4 Å². The van der Waals surface area contributed by atoms with Gasteiger partial charge in [-0.05, 0) is 98.4 Å². The highest BCUT2D eigenvalue weighted by Crippen LogP contribution is 2.41. The van der Waals surface area contributed by atoms with Gasteiger partial charge in [-0.25, -0.2) is 15.0 Å². The van der Waals surface area contributed by atoms with E-state index in [0.29, 0.717) is 17.5 Å². The van der Waals surface area contributed by atoms with Gasteiger partial charge < -0.3 is 8.98 Å². The molecule has 0 aliphatic rings. The molecule has 0 atom stereocenters. The molecule has 0 aliphatic carbocycles. The van der Waals surface area contributed by atoms with E-state index in [1.165, 1.54) is 43.8 Å². The van der Waals surface area contributed by atoms with Crippen molar-refractivity contribution in [2.45, 2.75) is 0 Å². The molecule has 5 heteroatoms. The Morgan fingerprint density at radius 1 is 0.312 bits per heavy atom. The summed E-state index contributed by atoms with van der Waals surface area (Å²) >= 11 is 0. The fraction of sp³-hybridized carbons (Fsp3) is 0. The summed E-state index contributed by atoms with van der Waals surface area (Å²) in [4.78, 5) is 15.6. The molecule has 0 spiro atoms. The van der Waals surface area contributed by atoms with Crippen LogP contribution in [0.25, 0.3) is 127 Å². The molecule has 0 radical (unpaired) electrons. The summed E-state index contributed by atoms with van der Waals surface area (Å²) in [5.74, 6) is 1.82. The van der Waals surface area contributed by atoms with Gasteiger partial charge in [-0.1, -0.05) is 158 Å². The molecule has 0 N–H and O–H groups in total. The Labute approximate surface area is 368 Å². The summed E-state index contributed by atoms with van der Waals surface area (Å²) in [5.41, 5.74) is 12.3. The van der Waals surface area contributed by atoms with E-state index < -0.39 is 0 Å². The minimum atomic E-state index is 0.588. The van der Waals surface area contributed by atoms with Gasteiger partial charge in [-0.3, -0.25) is 0 Å². The van der Waals surface area contributed by atoms with E-state index in [-0.39, 0.29) is 0 Å². The van der Waals surface area contributed by atoms with Crippen LogP contribution in [-0.2, 0) is 0 Å². The molecule has 0 bridgehead atoms. The topological polar surface area (TPSA) is 56.7 Å². The van der Waals surface area contributed by atoms with Gasteiger partial charge in [0, 0.05) is 50.0 Å². The van der Waals surface area contributed by atoms with Gasteiger partial charge in [0.15, 0.2) is 17.5 Å². The van der Waals surface area contributed by atoms with Gasteiger partial charge in [0.1, 0.15) is 11.2 Å². The minimum absolute atomic E-state index is 0.588. The Kier molecular flexibility index (Phi) is 8.15. The molecule has 13 rings (SSSR count). The van der Waals surface area contributed by atoms with E-state index in [2.05, 4.69) is 211 Å². The van der Waals surface area contributed by atoms with E-state index in [9.17, 15) is 0 Å². The lowest BCUT2D eigenvalue weighted by Crippen LogP contribution is -2.00. The predicted octanol–water partition coefficient (Wildman–Crippen LogP) is 15.5. The Bertz CT molecular complexity index is 3770. The molecule has 0 fully saturated rings. The maximum Gasteiger partial charge on any atom is 0.164 e. The van der Waals surface area contributed by atoms with Crippen molar-refractivity contribution < 1.29 is 4.42 Å². The average molecular weight is 817 g/mol. The summed E-state index contributed by atoms with van der Waals surface area (Å²) in [6, 6.07) is 77.1. The van der Waals surface area contributed by atoms with Crippen LogP contribution in [0.15, 0.2) is 223 Å². The lowest BCUT2D eigenvalue weighted by atomic mass is 10.0. The predicted molar refractivity (Wildman–Crippen MR) is 264 cm³/mol. The third-order valence-corrected chi connectivity index (χ3v) is 12.6. The second-order valence-corrected chi connectivity index (χ2v) is 16.4. The lowest BCUT2D eigenvalue weighted by Gasteiger charge is -2.11. The Morgan fingerprint density at radius 3 is 1.41 bits per heavy atom. The van der Waals surface area contributed by atoms with E-state index in [1.54, 1.807) is 0 Å². The molecule has 3 heterocycles. The van der Waals surface area contributed by atoms with Crippen LogP contribution in [0.5, 0.6) is 0 Å². The fourth-order valence-corrected chi connectivity index (χ4v) is 9.47. The molecule has 13 aromatic rings. The smallest absolute Gasteiger partial charge is 0.164 e. The molecule has 0 unspecified atom stereocenters. The van der Waals surface area contributed by atoms with Crippen LogP contribution in [-0.4, -0.2) is 19.5 Å². The third-order valence-electron chi connectivity index (χ3n) is 12.6. The van der Waals surface area contributed by atoms with Gasteiger partial charge in [-0.2, -0.15) is 0 Å². The monoisotopic (exact) mass is 816 g/mol. The van der Waals surface area contributed by atoms with Crippen LogP contribution in [0.4, 0.5) is 0 Å². The molecule has 10 aromatic carbocycles. The Balaban J connectivity index is 0.989. The highest BCUT2D eigenvalue weighted by atomic mass is 16.3. The molecular formula is C59H36N4O. The number of fused-ring (bicyclic) bond motifs is 8. The SMILES string of the molecule is c1ccc(-c2ccc3c(c2)c2cc(-c4ccccc4)ccc2n3-c2ccc3c(c2)oc2cccc(-c4nc(-c5ccc6ccccc6c5)nc(-c5ccc6ccccc6c5)n4)c23)cc1. The van der Waals surface area contributed by atoms with E-state index in [1.807, 2.05) is 12.1 Å². The highest BCUT2D eigenvalue weighted by molar-refractivity contribution is 6.14. The van der Waals surface area contributed by atoms with Gasteiger partial charge in [0.05, 0.1) is 11.0 Å². The van der Waals surface area contributed by atoms with Gasteiger partial charge in [-0.15, -0.1) is 0 Å². The molecule has 0 amide bonds. The maximum absolute atomic E-state index is 6.77. The van der Waals surface area contributed by atoms with Crippen molar-refractivity contribution in [2.75, 3.05) is 0 Å². The van der Waals surface area contributed by atoms with Gasteiger partial charge >= 0.3 is 0 Å². The minimum Gasteiger partial charge on any atom is -0.456 e. The van der Waals surface area contributed by atoms with Crippen molar-refractivity contribution in [2.24, 2.45) is 0 Å². The number of hydrogen-bond donors (Lipinski definition) is 0. The summed E-state index contributed by atoms with van der Waals surface area (Å²) < 4.78 is 9.13. The summed E-state index contributed by atoms with van der Waals surface area (Å²) in [7, 11) is 0. The molecule has 298 valence electrons. The number of hydrogen-bond acceptors (Lipinski definition) is 4. The van der Waals surface area contributed by atoms with Crippen LogP contribution in [0.3, 0.4) is 0 Å². The number of furan rings is 1. The van der Waals surface area contributed by atoms with E-state index in [0.717, 1.165) is 66.1 Å². The standard InChI is InChI=1S/C59H36N4O/c1-3-12-37(13-4-1)43-26-30-52-50(34-43)51-35-44(38-14-5-2-6-15-38)27-31-53(51)63(52)47-28-29-48-55(36-47)64-54-21-11-20-49(56(48)54)59-61-57(45-24-22-39-16-7-9-18-41(39)32-45)60-58(62-59)46-25-23-40-17-8-10-19-42(40)33-46/h1-36H. The normalized spacial score (nSPS) is 11.8. The Hall–Kier alpha value is -8.67. The quantitative estimate of drug-likeness (QED) is 0.168. The Morgan fingerprint density at radius 2 is 0.828 bits per heavy atom. The van der Waals surface area contributed by atoms with Crippen LogP contribution < -0.4 is 0 Å². The lowest BCUT2D eigenvalue weighted by molar-refractivity contribution is 0.668. The molecule has 0 saturated heterocycles. The largest absolute Gasteiger partial charge is 0.456 e. The average Bonchev–Trinajstić information content (AvgIpc) is 3.91. The first-order chi connectivity index (χ1) is 31.7. The van der Waals surface area contributed by atoms with Crippen molar-refractivity contribution in [3.05, 3.63) is 218 Å². The zero-order valence-electron chi connectivity index (χ0n) is 34.5. The zero-order chi connectivity index (χ0) is 42.1. The number of aromatic nitrogens is 4. The maximum atomic E-state index is 6.77. The zero-order valence-corrected chi connectivity index (χ0v) is 34.5. The van der Waals surface area contributed by atoms with E-state index >= 15 is 0 Å². The van der Waals surface area contributed by atoms with Gasteiger partial charge in [0.2, 0.25) is 0 Å². The highest BCUT2D eigenvalue weighted by Gasteiger charge is 2.20. The fourth-order valence-electron chi connectivity index (χ4n) is 9.47. The molecule has 0 saturated carbocycles. The first-order valence-electron chi connectivity index (χ1n) is 21.6. The molecule has 5 nitrogen and oxygen atoms in total. The van der Waals surface area contributed by atoms with Crippen molar-refractivity contribution in [1.29, 1.82) is 0 Å². The van der Waals surface area contributed by atoms with Crippen molar-refractivity contribution in [3.63, 3.8) is 0 Å². The molecular weight excluding hydrogens is 781 g/mol.